The summed E-state index contributed by atoms with van der Waals surface area (Å²) < 4.78 is 24.8. The molecule has 0 radical (unpaired) electrons. The second-order valence-electron chi connectivity index (χ2n) is 3.49. The molecule has 1 aliphatic heterocycles. The third kappa shape index (κ3) is 2.02. The number of likely N-dealkylation sites (N-methyl/N-ethyl adjacent to an activating group) is 1. The van der Waals surface area contributed by atoms with Gasteiger partial charge in [0, 0.05) is 0 Å². The van der Waals surface area contributed by atoms with Crippen molar-refractivity contribution in [2.75, 3.05) is 27.7 Å². The van der Waals surface area contributed by atoms with Gasteiger partial charge in [-0.3, -0.25) is 0 Å². The first-order valence-electron chi connectivity index (χ1n) is 3.33. The Morgan fingerprint density at radius 1 is 1.45 bits per heavy atom. The third-order valence-corrected chi connectivity index (χ3v) is 2.74. The zero-order chi connectivity index (χ0) is 8.70. The Morgan fingerprint density at radius 3 is 2.18 bits per heavy atom. The summed E-state index contributed by atoms with van der Waals surface area (Å²) in [5.74, 6) is 0. The molecule has 1 heterocycles. The topological polar surface area (TPSA) is 46.2 Å². The molecule has 0 unspecified atom stereocenters. The van der Waals surface area contributed by atoms with E-state index in [0.717, 1.165) is 5.70 Å². The quantitative estimate of drug-likeness (QED) is 0.547. The van der Waals surface area contributed by atoms with Gasteiger partial charge < -0.3 is 4.48 Å². The summed E-state index contributed by atoms with van der Waals surface area (Å²) in [5, 5.41) is 1.30. The van der Waals surface area contributed by atoms with Gasteiger partial charge in [0.25, 0.3) is 0 Å². The lowest BCUT2D eigenvalue weighted by atomic mass is 10.4. The van der Waals surface area contributed by atoms with Crippen molar-refractivity contribution in [3.8, 4) is 0 Å². The third-order valence-electron chi connectivity index (χ3n) is 1.61. The van der Waals surface area contributed by atoms with Crippen molar-refractivity contribution in [3.05, 3.63) is 11.1 Å². The van der Waals surface area contributed by atoms with Crippen LogP contribution in [0.4, 0.5) is 0 Å². The van der Waals surface area contributed by atoms with Gasteiger partial charge in [-0.25, -0.2) is 13.1 Å². The van der Waals surface area contributed by atoms with Gasteiger partial charge in [-0.15, -0.1) is 0 Å². The number of nitrogens with zero attached hydrogens (tertiary/aromatic N) is 1. The molecule has 0 aromatic carbocycles. The lowest BCUT2D eigenvalue weighted by Gasteiger charge is -2.23. The predicted octanol–water partition coefficient (Wildman–Crippen LogP) is -0.533. The van der Waals surface area contributed by atoms with Gasteiger partial charge in [0.15, 0.2) is 0 Å². The highest BCUT2D eigenvalue weighted by Gasteiger charge is 2.26. The molecule has 0 bridgehead atoms. The maximum atomic E-state index is 10.9. The van der Waals surface area contributed by atoms with Crippen LogP contribution in [-0.4, -0.2) is 40.6 Å². The van der Waals surface area contributed by atoms with Crippen molar-refractivity contribution < 1.29 is 12.9 Å². The first kappa shape index (κ1) is 8.70. The molecule has 0 aromatic heterocycles. The number of nitrogens with one attached hydrogen (secondary N) is 1. The summed E-state index contributed by atoms with van der Waals surface area (Å²) in [6.45, 7) is 0.436. The Balaban J connectivity index is 2.97. The molecule has 0 amide bonds. The average Bonchev–Trinajstić information content (AvgIpc) is 2.07. The van der Waals surface area contributed by atoms with Crippen LogP contribution in [0.3, 0.4) is 0 Å². The molecule has 1 aliphatic rings. The van der Waals surface area contributed by atoms with Crippen LogP contribution in [0.15, 0.2) is 11.1 Å². The molecule has 0 fully saturated rings. The number of rotatable bonds is 1. The fraction of sp³-hybridized carbons (Fsp3) is 0.667. The van der Waals surface area contributed by atoms with Gasteiger partial charge in [0.2, 0.25) is 10.0 Å². The highest BCUT2D eigenvalue weighted by atomic mass is 32.2. The van der Waals surface area contributed by atoms with E-state index in [4.69, 9.17) is 0 Å². The van der Waals surface area contributed by atoms with Crippen molar-refractivity contribution in [1.82, 2.24) is 4.72 Å². The molecule has 0 aliphatic carbocycles. The highest BCUT2D eigenvalue weighted by Crippen LogP contribution is 2.13. The first-order chi connectivity index (χ1) is 4.81. The summed E-state index contributed by atoms with van der Waals surface area (Å²) in [4.78, 5) is 0. The van der Waals surface area contributed by atoms with Crippen LogP contribution in [0.25, 0.3) is 0 Å². The second kappa shape index (κ2) is 2.30. The van der Waals surface area contributed by atoms with Crippen molar-refractivity contribution in [2.45, 2.75) is 0 Å². The number of quaternary nitrogens is 1. The molecule has 1 rings (SSSR count). The Bertz CT molecular complexity index is 284. The van der Waals surface area contributed by atoms with E-state index in [1.807, 2.05) is 21.1 Å². The van der Waals surface area contributed by atoms with E-state index in [2.05, 4.69) is 4.72 Å². The van der Waals surface area contributed by atoms with Crippen molar-refractivity contribution in [1.29, 1.82) is 0 Å². The fourth-order valence-corrected chi connectivity index (χ4v) is 2.02. The fourth-order valence-electron chi connectivity index (χ4n) is 0.832. The molecule has 0 saturated carbocycles. The van der Waals surface area contributed by atoms with Gasteiger partial charge in [-0.2, -0.15) is 0 Å². The predicted molar refractivity (Wildman–Crippen MR) is 43.0 cm³/mol. The monoisotopic (exact) mass is 177 g/mol. The van der Waals surface area contributed by atoms with E-state index in [9.17, 15) is 8.42 Å². The van der Waals surface area contributed by atoms with Gasteiger partial charge in [0.1, 0.15) is 11.1 Å². The lowest BCUT2D eigenvalue weighted by molar-refractivity contribution is -0.831. The Hall–Kier alpha value is -0.390. The smallest absolute Gasteiger partial charge is 0.239 e. The summed E-state index contributed by atoms with van der Waals surface area (Å²) in [5.41, 5.74) is 0.880. The number of hydrogen-bond acceptors (Lipinski definition) is 2. The van der Waals surface area contributed by atoms with E-state index in [-0.39, 0.29) is 0 Å². The van der Waals surface area contributed by atoms with Gasteiger partial charge >= 0.3 is 0 Å². The van der Waals surface area contributed by atoms with Crippen molar-refractivity contribution >= 4 is 10.0 Å². The standard InChI is InChI=1S/C6H13N2O2S/c1-8(2,3)6-4-7-11(9,10)5-6/h5,7H,4H2,1-3H3/q+1. The second-order valence-corrected chi connectivity index (χ2v) is 5.10. The summed E-state index contributed by atoms with van der Waals surface area (Å²) >= 11 is 0. The highest BCUT2D eigenvalue weighted by molar-refractivity contribution is 7.92. The van der Waals surface area contributed by atoms with Gasteiger partial charge in [-0.1, -0.05) is 0 Å². The van der Waals surface area contributed by atoms with Crippen LogP contribution in [0.5, 0.6) is 0 Å². The molecule has 64 valence electrons. The molecule has 5 heteroatoms. The first-order valence-corrected chi connectivity index (χ1v) is 4.88. The van der Waals surface area contributed by atoms with Crippen molar-refractivity contribution in [2.24, 2.45) is 0 Å². The van der Waals surface area contributed by atoms with Crippen LogP contribution in [0, 0.1) is 0 Å². The van der Waals surface area contributed by atoms with Crippen LogP contribution in [0.2, 0.25) is 0 Å². The van der Waals surface area contributed by atoms with Crippen molar-refractivity contribution in [3.63, 3.8) is 0 Å². The molecule has 0 spiro atoms. The molecule has 0 atom stereocenters. The lowest BCUT2D eigenvalue weighted by Crippen LogP contribution is -2.35. The minimum atomic E-state index is -3.11. The maximum Gasteiger partial charge on any atom is 0.239 e. The minimum Gasteiger partial charge on any atom is -0.300 e. The van der Waals surface area contributed by atoms with E-state index in [1.54, 1.807) is 0 Å². The molecule has 4 nitrogen and oxygen atoms in total. The maximum absolute atomic E-state index is 10.9. The Labute approximate surface area is 67.1 Å². The summed E-state index contributed by atoms with van der Waals surface area (Å²) in [6, 6.07) is 0. The van der Waals surface area contributed by atoms with E-state index in [1.165, 1.54) is 5.41 Å². The molecule has 0 saturated heterocycles. The van der Waals surface area contributed by atoms with Crippen LogP contribution < -0.4 is 4.72 Å². The number of hydrogen-bond donors (Lipinski definition) is 1. The van der Waals surface area contributed by atoms with Gasteiger partial charge in [0.05, 0.1) is 27.7 Å². The summed E-state index contributed by atoms with van der Waals surface area (Å²) in [7, 11) is 2.71. The SMILES string of the molecule is C[N+](C)(C)C1=CS(=O)(=O)NC1. The molecular weight excluding hydrogens is 164 g/mol. The zero-order valence-electron chi connectivity index (χ0n) is 6.96. The molecule has 11 heavy (non-hydrogen) atoms. The molecule has 0 aromatic rings. The Kier molecular flexibility index (Phi) is 1.82. The average molecular weight is 177 g/mol. The van der Waals surface area contributed by atoms with Crippen LogP contribution in [0.1, 0.15) is 0 Å². The van der Waals surface area contributed by atoms with Crippen LogP contribution >= 0.6 is 0 Å². The molecule has 1 N–H and O–H groups in total. The Morgan fingerprint density at radius 2 is 2.00 bits per heavy atom. The van der Waals surface area contributed by atoms with E-state index < -0.39 is 10.0 Å². The van der Waals surface area contributed by atoms with E-state index in [0.29, 0.717) is 11.0 Å². The summed E-state index contributed by atoms with van der Waals surface area (Å²) in [6.07, 6.45) is 0. The normalized spacial score (nSPS) is 23.4. The largest absolute Gasteiger partial charge is 0.300 e. The minimum absolute atomic E-state index is 0.436. The van der Waals surface area contributed by atoms with E-state index >= 15 is 0 Å². The molecular formula is C6H13N2O2S+. The van der Waals surface area contributed by atoms with Gasteiger partial charge in [-0.05, 0) is 0 Å². The number of sulfonamides is 1. The van der Waals surface area contributed by atoms with Crippen LogP contribution in [-0.2, 0) is 10.0 Å². The zero-order valence-corrected chi connectivity index (χ0v) is 7.77.